The van der Waals surface area contributed by atoms with Crippen molar-refractivity contribution in [2.45, 2.75) is 31.2 Å². The van der Waals surface area contributed by atoms with Crippen LogP contribution in [0.15, 0.2) is 24.3 Å². The number of ether oxygens (including phenoxy) is 1. The monoisotopic (exact) mass is 324 g/mol. The molecule has 0 aromatic heterocycles. The van der Waals surface area contributed by atoms with Gasteiger partial charge in [0.25, 0.3) is 0 Å². The van der Waals surface area contributed by atoms with Gasteiger partial charge >= 0.3 is 6.36 Å². The largest absolute Gasteiger partial charge is 0.573 e. The highest BCUT2D eigenvalue weighted by molar-refractivity contribution is 5.88. The van der Waals surface area contributed by atoms with Crippen molar-refractivity contribution in [2.24, 2.45) is 5.73 Å². The molecule has 0 heterocycles. The summed E-state index contributed by atoms with van der Waals surface area (Å²) in [5, 5.41) is 2.62. The first-order chi connectivity index (χ1) is 9.30. The molecule has 0 saturated heterocycles. The van der Waals surface area contributed by atoms with Crippen LogP contribution in [0, 0.1) is 0 Å². The zero-order chi connectivity index (χ0) is 14.8. The Morgan fingerprint density at radius 3 is 2.52 bits per heavy atom. The molecule has 0 spiro atoms. The van der Waals surface area contributed by atoms with Crippen molar-refractivity contribution in [1.82, 2.24) is 5.32 Å². The molecule has 118 valence electrons. The molecule has 3 N–H and O–H groups in total. The van der Waals surface area contributed by atoms with Gasteiger partial charge in [0.05, 0.1) is 5.54 Å². The lowest BCUT2D eigenvalue weighted by atomic mass is 10.1. The minimum Gasteiger partial charge on any atom is -0.406 e. The Hall–Kier alpha value is -1.47. The molecule has 1 fully saturated rings. The molecule has 1 amide bonds. The number of hydrogen-bond acceptors (Lipinski definition) is 3. The maximum Gasteiger partial charge on any atom is 0.573 e. The number of para-hydroxylation sites is 1. The van der Waals surface area contributed by atoms with Crippen molar-refractivity contribution in [3.63, 3.8) is 0 Å². The first-order valence-corrected chi connectivity index (χ1v) is 6.21. The predicted molar refractivity (Wildman–Crippen MR) is 73.2 cm³/mol. The topological polar surface area (TPSA) is 64.4 Å². The van der Waals surface area contributed by atoms with Gasteiger partial charge in [0.2, 0.25) is 5.91 Å². The third-order valence-electron chi connectivity index (χ3n) is 3.12. The number of alkyl halides is 3. The molecule has 1 aromatic carbocycles. The molecule has 0 atom stereocenters. The van der Waals surface area contributed by atoms with E-state index >= 15 is 0 Å². The van der Waals surface area contributed by atoms with Gasteiger partial charge in [-0.2, -0.15) is 0 Å². The van der Waals surface area contributed by atoms with Crippen LogP contribution < -0.4 is 15.8 Å². The minimum absolute atomic E-state index is 0. The fourth-order valence-corrected chi connectivity index (χ4v) is 1.78. The SMILES string of the molecule is Cl.NC1(C(=O)NCCc2ccccc2OC(F)(F)F)CC1. The van der Waals surface area contributed by atoms with Gasteiger partial charge in [-0.1, -0.05) is 18.2 Å². The van der Waals surface area contributed by atoms with Crippen molar-refractivity contribution >= 4 is 18.3 Å². The molecule has 21 heavy (non-hydrogen) atoms. The number of carbonyl (C=O) groups is 1. The molecule has 1 aromatic rings. The fourth-order valence-electron chi connectivity index (χ4n) is 1.78. The lowest BCUT2D eigenvalue weighted by molar-refractivity contribution is -0.274. The lowest BCUT2D eigenvalue weighted by Crippen LogP contribution is -2.43. The predicted octanol–water partition coefficient (Wildman–Crippen LogP) is 2.16. The molecule has 0 bridgehead atoms. The van der Waals surface area contributed by atoms with Gasteiger partial charge in [0.15, 0.2) is 0 Å². The molecule has 1 saturated carbocycles. The van der Waals surface area contributed by atoms with Crippen LogP contribution in [0.25, 0.3) is 0 Å². The molecular weight excluding hydrogens is 309 g/mol. The first kappa shape index (κ1) is 17.6. The Balaban J connectivity index is 0.00000220. The van der Waals surface area contributed by atoms with Crippen molar-refractivity contribution < 1.29 is 22.7 Å². The number of nitrogens with two attached hydrogens (primary N) is 1. The first-order valence-electron chi connectivity index (χ1n) is 6.21. The number of nitrogens with one attached hydrogen (secondary N) is 1. The highest BCUT2D eigenvalue weighted by Crippen LogP contribution is 2.32. The maximum atomic E-state index is 12.2. The Labute approximate surface area is 126 Å². The van der Waals surface area contributed by atoms with Crippen molar-refractivity contribution in [3.8, 4) is 5.75 Å². The fraction of sp³-hybridized carbons (Fsp3) is 0.462. The van der Waals surface area contributed by atoms with Gasteiger partial charge in [-0.15, -0.1) is 25.6 Å². The van der Waals surface area contributed by atoms with E-state index in [2.05, 4.69) is 10.1 Å². The van der Waals surface area contributed by atoms with E-state index in [0.717, 1.165) is 0 Å². The summed E-state index contributed by atoms with van der Waals surface area (Å²) in [5.41, 5.74) is 5.30. The van der Waals surface area contributed by atoms with Gasteiger partial charge in [0, 0.05) is 6.54 Å². The van der Waals surface area contributed by atoms with Crippen LogP contribution in [-0.2, 0) is 11.2 Å². The summed E-state index contributed by atoms with van der Waals surface area (Å²) >= 11 is 0. The second-order valence-corrected chi connectivity index (χ2v) is 4.82. The van der Waals surface area contributed by atoms with Crippen molar-refractivity contribution in [3.05, 3.63) is 29.8 Å². The quantitative estimate of drug-likeness (QED) is 0.872. The van der Waals surface area contributed by atoms with Crippen molar-refractivity contribution in [1.29, 1.82) is 0 Å². The average Bonchev–Trinajstić information content (AvgIpc) is 3.09. The van der Waals surface area contributed by atoms with Crippen LogP contribution in [0.2, 0.25) is 0 Å². The summed E-state index contributed by atoms with van der Waals surface area (Å²) in [7, 11) is 0. The summed E-state index contributed by atoms with van der Waals surface area (Å²) in [4.78, 5) is 11.6. The highest BCUT2D eigenvalue weighted by Gasteiger charge is 2.45. The highest BCUT2D eigenvalue weighted by atomic mass is 35.5. The molecule has 0 aliphatic heterocycles. The molecule has 1 aliphatic carbocycles. The van der Waals surface area contributed by atoms with Gasteiger partial charge in [-0.05, 0) is 30.9 Å². The van der Waals surface area contributed by atoms with E-state index < -0.39 is 11.9 Å². The standard InChI is InChI=1S/C13H15F3N2O2.ClH/c14-13(15,16)20-10-4-2-1-3-9(10)5-8-18-11(19)12(17)6-7-12;/h1-4H,5-8,17H2,(H,18,19);1H. The Morgan fingerprint density at radius 2 is 1.95 bits per heavy atom. The summed E-state index contributed by atoms with van der Waals surface area (Å²) in [6.45, 7) is 0.218. The van der Waals surface area contributed by atoms with Gasteiger partial charge in [-0.3, -0.25) is 4.79 Å². The molecule has 1 aliphatic rings. The summed E-state index contributed by atoms with van der Waals surface area (Å²) in [6.07, 6.45) is -3.19. The van der Waals surface area contributed by atoms with Crippen LogP contribution in [0.5, 0.6) is 5.75 Å². The lowest BCUT2D eigenvalue weighted by Gasteiger charge is -2.14. The Morgan fingerprint density at radius 1 is 1.33 bits per heavy atom. The number of amides is 1. The van der Waals surface area contributed by atoms with Gasteiger partial charge < -0.3 is 15.8 Å². The van der Waals surface area contributed by atoms with Crippen LogP contribution in [0.4, 0.5) is 13.2 Å². The molecular formula is C13H16ClF3N2O2. The second kappa shape index (κ2) is 6.53. The smallest absolute Gasteiger partial charge is 0.406 e. The number of carbonyl (C=O) groups excluding carboxylic acids is 1. The molecule has 0 unspecified atom stereocenters. The summed E-state index contributed by atoms with van der Waals surface area (Å²) in [6, 6.07) is 5.85. The third kappa shape index (κ3) is 5.09. The zero-order valence-electron chi connectivity index (χ0n) is 11.1. The van der Waals surface area contributed by atoms with E-state index in [9.17, 15) is 18.0 Å². The minimum atomic E-state index is -4.73. The summed E-state index contributed by atoms with van der Waals surface area (Å²) < 4.78 is 40.6. The van der Waals surface area contributed by atoms with Crippen LogP contribution in [-0.4, -0.2) is 24.4 Å². The number of benzene rings is 1. The van der Waals surface area contributed by atoms with Gasteiger partial charge in [-0.25, -0.2) is 0 Å². The average molecular weight is 325 g/mol. The number of rotatable bonds is 5. The van der Waals surface area contributed by atoms with Gasteiger partial charge in [0.1, 0.15) is 5.75 Å². The molecule has 8 heteroatoms. The summed E-state index contributed by atoms with van der Waals surface area (Å²) in [5.74, 6) is -0.505. The van der Waals surface area contributed by atoms with E-state index in [4.69, 9.17) is 5.73 Å². The van der Waals surface area contributed by atoms with Crippen molar-refractivity contribution in [2.75, 3.05) is 6.54 Å². The van der Waals surface area contributed by atoms with E-state index in [1.165, 1.54) is 18.2 Å². The second-order valence-electron chi connectivity index (χ2n) is 4.82. The molecule has 4 nitrogen and oxygen atoms in total. The van der Waals surface area contributed by atoms with Crippen LogP contribution >= 0.6 is 12.4 Å². The normalized spacial score (nSPS) is 15.8. The maximum absolute atomic E-state index is 12.2. The molecule has 0 radical (unpaired) electrons. The van der Waals surface area contributed by atoms with E-state index in [1.807, 2.05) is 0 Å². The van der Waals surface area contributed by atoms with Crippen LogP contribution in [0.3, 0.4) is 0 Å². The van der Waals surface area contributed by atoms with E-state index in [-0.39, 0.29) is 37.0 Å². The Bertz CT molecular complexity index is 504. The molecule has 2 rings (SSSR count). The number of hydrogen-bond donors (Lipinski definition) is 2. The number of halogens is 4. The Kier molecular flexibility index (Phi) is 5.47. The zero-order valence-corrected chi connectivity index (χ0v) is 11.9. The third-order valence-corrected chi connectivity index (χ3v) is 3.12. The van der Waals surface area contributed by atoms with Crippen LogP contribution in [0.1, 0.15) is 18.4 Å². The van der Waals surface area contributed by atoms with E-state index in [1.54, 1.807) is 6.07 Å². The van der Waals surface area contributed by atoms with E-state index in [0.29, 0.717) is 18.4 Å².